The van der Waals surface area contributed by atoms with E-state index in [2.05, 4.69) is 5.32 Å². The fourth-order valence-electron chi connectivity index (χ4n) is 2.64. The second-order valence-electron chi connectivity index (χ2n) is 5.98. The van der Waals surface area contributed by atoms with Crippen molar-refractivity contribution in [3.8, 4) is 0 Å². The van der Waals surface area contributed by atoms with Gasteiger partial charge in [0.05, 0.1) is 0 Å². The van der Waals surface area contributed by atoms with Crippen LogP contribution in [0.15, 0.2) is 0 Å². The highest BCUT2D eigenvalue weighted by Gasteiger charge is 2.29. The minimum Gasteiger partial charge on any atom is -0.480 e. The van der Waals surface area contributed by atoms with Crippen molar-refractivity contribution in [2.75, 3.05) is 6.54 Å². The number of hydrogen-bond acceptors (Lipinski definition) is 3. The lowest BCUT2D eigenvalue weighted by Gasteiger charge is -2.28. The first-order valence-corrected chi connectivity index (χ1v) is 7.17. The van der Waals surface area contributed by atoms with E-state index in [1.807, 2.05) is 13.8 Å². The Bertz CT molecular complexity index is 310. The molecule has 0 bridgehead atoms. The van der Waals surface area contributed by atoms with Gasteiger partial charge in [0.25, 0.3) is 0 Å². The Hall–Kier alpha value is -1.10. The lowest BCUT2D eigenvalue weighted by Crippen LogP contribution is -2.45. The van der Waals surface area contributed by atoms with Crippen molar-refractivity contribution in [1.29, 1.82) is 0 Å². The van der Waals surface area contributed by atoms with Crippen LogP contribution < -0.4 is 11.1 Å². The second kappa shape index (κ2) is 7.48. The number of rotatable bonds is 6. The summed E-state index contributed by atoms with van der Waals surface area (Å²) in [5.74, 6) is -0.331. The van der Waals surface area contributed by atoms with Gasteiger partial charge in [-0.1, -0.05) is 13.8 Å². The van der Waals surface area contributed by atoms with Crippen molar-refractivity contribution in [2.45, 2.75) is 52.0 Å². The normalized spacial score (nSPS) is 25.1. The van der Waals surface area contributed by atoms with Crippen molar-refractivity contribution in [3.63, 3.8) is 0 Å². The van der Waals surface area contributed by atoms with Crippen molar-refractivity contribution in [1.82, 2.24) is 5.32 Å². The fourth-order valence-corrected chi connectivity index (χ4v) is 2.64. The summed E-state index contributed by atoms with van der Waals surface area (Å²) in [4.78, 5) is 23.2. The van der Waals surface area contributed by atoms with Crippen LogP contribution in [0.3, 0.4) is 0 Å². The number of carbonyl (C=O) groups is 2. The van der Waals surface area contributed by atoms with Crippen LogP contribution in [0.5, 0.6) is 0 Å². The lowest BCUT2D eigenvalue weighted by molar-refractivity contribution is -0.143. The maximum absolute atomic E-state index is 12.1. The van der Waals surface area contributed by atoms with Crippen molar-refractivity contribution >= 4 is 11.9 Å². The average Bonchev–Trinajstić information content (AvgIpc) is 2.37. The first-order chi connectivity index (χ1) is 8.93. The number of hydrogen-bond donors (Lipinski definition) is 3. The highest BCUT2D eigenvalue weighted by atomic mass is 16.4. The van der Waals surface area contributed by atoms with Crippen LogP contribution in [0.2, 0.25) is 0 Å². The zero-order valence-electron chi connectivity index (χ0n) is 11.9. The Balaban J connectivity index is 2.46. The lowest BCUT2D eigenvalue weighted by atomic mass is 9.81. The zero-order valence-corrected chi connectivity index (χ0v) is 11.9. The molecule has 0 aromatic heterocycles. The van der Waals surface area contributed by atoms with Gasteiger partial charge >= 0.3 is 5.97 Å². The molecule has 0 aliphatic heterocycles. The molecule has 0 unspecified atom stereocenters. The fraction of sp³-hybridized carbons (Fsp3) is 0.857. The smallest absolute Gasteiger partial charge is 0.326 e. The second-order valence-corrected chi connectivity index (χ2v) is 5.98. The minimum atomic E-state index is -0.947. The summed E-state index contributed by atoms with van der Waals surface area (Å²) in [5, 5.41) is 11.8. The topological polar surface area (TPSA) is 92.4 Å². The Labute approximate surface area is 114 Å². The molecule has 1 rings (SSSR count). The van der Waals surface area contributed by atoms with Crippen LogP contribution >= 0.6 is 0 Å². The SMILES string of the molecule is CC(C)C[C@@H](NC(=O)C1CCC(CN)CC1)C(=O)O. The van der Waals surface area contributed by atoms with Gasteiger partial charge in [-0.15, -0.1) is 0 Å². The molecule has 1 aliphatic rings. The quantitative estimate of drug-likeness (QED) is 0.679. The summed E-state index contributed by atoms with van der Waals surface area (Å²) in [7, 11) is 0. The van der Waals surface area contributed by atoms with E-state index in [1.165, 1.54) is 0 Å². The monoisotopic (exact) mass is 270 g/mol. The Kier molecular flexibility index (Phi) is 6.28. The summed E-state index contributed by atoms with van der Waals surface area (Å²) in [6, 6.07) is -0.764. The molecule has 110 valence electrons. The van der Waals surface area contributed by atoms with Gasteiger partial charge < -0.3 is 16.2 Å². The molecule has 19 heavy (non-hydrogen) atoms. The average molecular weight is 270 g/mol. The van der Waals surface area contributed by atoms with E-state index in [9.17, 15) is 9.59 Å². The zero-order chi connectivity index (χ0) is 14.4. The molecule has 1 aliphatic carbocycles. The number of carbonyl (C=O) groups excluding carboxylic acids is 1. The highest BCUT2D eigenvalue weighted by Crippen LogP contribution is 2.28. The number of nitrogens with one attached hydrogen (secondary N) is 1. The Morgan fingerprint density at radius 1 is 1.26 bits per heavy atom. The Morgan fingerprint density at radius 3 is 2.26 bits per heavy atom. The molecule has 1 atom stereocenters. The number of amides is 1. The van der Waals surface area contributed by atoms with Crippen molar-refractivity contribution < 1.29 is 14.7 Å². The van der Waals surface area contributed by atoms with Gasteiger partial charge in [-0.25, -0.2) is 4.79 Å². The molecule has 1 saturated carbocycles. The van der Waals surface area contributed by atoms with E-state index < -0.39 is 12.0 Å². The van der Waals surface area contributed by atoms with Gasteiger partial charge in [-0.3, -0.25) is 4.79 Å². The molecule has 0 aromatic carbocycles. The highest BCUT2D eigenvalue weighted by molar-refractivity contribution is 5.85. The summed E-state index contributed by atoms with van der Waals surface area (Å²) < 4.78 is 0. The molecule has 0 spiro atoms. The Morgan fingerprint density at radius 2 is 1.84 bits per heavy atom. The molecule has 0 saturated heterocycles. The molecule has 0 aromatic rings. The standard InChI is InChI=1S/C14H26N2O3/c1-9(2)7-12(14(18)19)16-13(17)11-5-3-10(8-15)4-6-11/h9-12H,3-8,15H2,1-2H3,(H,16,17)(H,18,19)/t10?,11?,12-/m1/s1. The number of carboxylic acids is 1. The minimum absolute atomic E-state index is 0.0446. The van der Waals surface area contributed by atoms with Gasteiger partial charge in [-0.2, -0.15) is 0 Å². The van der Waals surface area contributed by atoms with Crippen LogP contribution in [0.4, 0.5) is 0 Å². The van der Waals surface area contributed by atoms with Crippen molar-refractivity contribution in [2.24, 2.45) is 23.5 Å². The van der Waals surface area contributed by atoms with Crippen LogP contribution in [0.25, 0.3) is 0 Å². The van der Waals surface area contributed by atoms with Gasteiger partial charge in [0.2, 0.25) is 5.91 Å². The van der Waals surface area contributed by atoms with E-state index >= 15 is 0 Å². The van der Waals surface area contributed by atoms with Gasteiger partial charge in [-0.05, 0) is 50.5 Å². The van der Waals surface area contributed by atoms with E-state index in [1.54, 1.807) is 0 Å². The van der Waals surface area contributed by atoms with Crippen LogP contribution in [0.1, 0.15) is 46.0 Å². The number of nitrogens with two attached hydrogens (primary N) is 1. The molecule has 4 N–H and O–H groups in total. The van der Waals surface area contributed by atoms with Gasteiger partial charge in [0, 0.05) is 5.92 Å². The van der Waals surface area contributed by atoms with Crippen molar-refractivity contribution in [3.05, 3.63) is 0 Å². The summed E-state index contributed by atoms with van der Waals surface area (Å²) in [6.45, 7) is 4.59. The third kappa shape index (κ3) is 5.19. The van der Waals surface area contributed by atoms with Crippen LogP contribution in [-0.4, -0.2) is 29.6 Å². The maximum atomic E-state index is 12.1. The first-order valence-electron chi connectivity index (χ1n) is 7.17. The molecule has 0 radical (unpaired) electrons. The van der Waals surface area contributed by atoms with E-state index in [0.717, 1.165) is 25.7 Å². The first kappa shape index (κ1) is 16.0. The molecular formula is C14H26N2O3. The van der Waals surface area contributed by atoms with Gasteiger partial charge in [0.15, 0.2) is 0 Å². The van der Waals surface area contributed by atoms with Crippen LogP contribution in [-0.2, 0) is 9.59 Å². The molecule has 5 nitrogen and oxygen atoms in total. The van der Waals surface area contributed by atoms with E-state index in [-0.39, 0.29) is 17.7 Å². The maximum Gasteiger partial charge on any atom is 0.326 e. The van der Waals surface area contributed by atoms with Gasteiger partial charge in [0.1, 0.15) is 6.04 Å². The molecule has 1 amide bonds. The molecule has 1 fully saturated rings. The van der Waals surface area contributed by atoms with E-state index in [4.69, 9.17) is 10.8 Å². The third-order valence-corrected chi connectivity index (χ3v) is 3.87. The van der Waals surface area contributed by atoms with Crippen LogP contribution in [0, 0.1) is 17.8 Å². The number of aliphatic carboxylic acids is 1. The summed E-state index contributed by atoms with van der Waals surface area (Å²) in [5.41, 5.74) is 5.62. The third-order valence-electron chi connectivity index (χ3n) is 3.87. The number of carboxylic acid groups (broad SMARTS) is 1. The summed E-state index contributed by atoms with van der Waals surface area (Å²) in [6.07, 6.45) is 4.05. The predicted molar refractivity (Wildman–Crippen MR) is 73.5 cm³/mol. The molecule has 5 heteroatoms. The van der Waals surface area contributed by atoms with E-state index in [0.29, 0.717) is 18.9 Å². The molecule has 0 heterocycles. The summed E-state index contributed by atoms with van der Waals surface area (Å²) >= 11 is 0. The largest absolute Gasteiger partial charge is 0.480 e. The molecular weight excluding hydrogens is 244 g/mol. The predicted octanol–water partition coefficient (Wildman–Crippen LogP) is 1.37.